The van der Waals surface area contributed by atoms with E-state index in [2.05, 4.69) is 4.90 Å². The van der Waals surface area contributed by atoms with E-state index in [1.54, 1.807) is 11.8 Å². The van der Waals surface area contributed by atoms with Crippen molar-refractivity contribution in [2.45, 2.75) is 51.1 Å². The van der Waals surface area contributed by atoms with E-state index < -0.39 is 35.4 Å². The number of anilines is 1. The summed E-state index contributed by atoms with van der Waals surface area (Å²) in [5.74, 6) is -0.520. The lowest BCUT2D eigenvalue weighted by atomic mass is 9.87. The average Bonchev–Trinajstić information content (AvgIpc) is 2.84. The van der Waals surface area contributed by atoms with Crippen LogP contribution in [0.4, 0.5) is 32.0 Å². The topological polar surface area (TPSA) is 53.0 Å². The zero-order valence-corrected chi connectivity index (χ0v) is 21.1. The molecule has 2 atom stereocenters. The maximum absolute atomic E-state index is 13.5. The lowest BCUT2D eigenvalue weighted by Crippen LogP contribution is -2.49. The summed E-state index contributed by atoms with van der Waals surface area (Å²) in [5.41, 5.74) is -0.769. The van der Waals surface area contributed by atoms with Gasteiger partial charge in [0.25, 0.3) is 0 Å². The molecule has 208 valence electrons. The number of likely N-dealkylation sites (N-methyl/N-ethyl adjacent to an activating group) is 1. The SMILES string of the molecule is CC(Cc1ccc2c(c1)N(C)C(C1CCN(Cc3cc(C(F)(F)F)ccc3C(F)(F)F)CC1)CO2)C(=O)O. The van der Waals surface area contributed by atoms with Crippen LogP contribution in [0, 0.1) is 11.8 Å². The fourth-order valence-electron chi connectivity index (χ4n) is 5.36. The van der Waals surface area contributed by atoms with E-state index >= 15 is 0 Å². The summed E-state index contributed by atoms with van der Waals surface area (Å²) in [7, 11) is 1.95. The van der Waals surface area contributed by atoms with Crippen LogP contribution < -0.4 is 9.64 Å². The zero-order chi connectivity index (χ0) is 27.8. The fraction of sp³-hybridized carbons (Fsp3) is 0.519. The first-order chi connectivity index (χ1) is 17.7. The lowest BCUT2D eigenvalue weighted by molar-refractivity contribution is -0.142. The number of likely N-dealkylation sites (tertiary alicyclic amines) is 1. The van der Waals surface area contributed by atoms with Gasteiger partial charge >= 0.3 is 18.3 Å². The number of fused-ring (bicyclic) bond motifs is 1. The van der Waals surface area contributed by atoms with Crippen molar-refractivity contribution in [3.05, 3.63) is 58.7 Å². The first kappa shape index (κ1) is 28.1. The number of halogens is 6. The van der Waals surface area contributed by atoms with Gasteiger partial charge in [0.15, 0.2) is 0 Å². The summed E-state index contributed by atoms with van der Waals surface area (Å²) in [6.07, 6.45) is -7.77. The van der Waals surface area contributed by atoms with Gasteiger partial charge in [-0.1, -0.05) is 13.0 Å². The highest BCUT2D eigenvalue weighted by atomic mass is 19.4. The summed E-state index contributed by atoms with van der Waals surface area (Å²) in [6, 6.07) is 7.23. The lowest BCUT2D eigenvalue weighted by Gasteiger charge is -2.43. The van der Waals surface area contributed by atoms with Gasteiger partial charge in [-0.3, -0.25) is 9.69 Å². The van der Waals surface area contributed by atoms with Crippen LogP contribution in [0.3, 0.4) is 0 Å². The minimum absolute atomic E-state index is 0.0103. The second kappa shape index (κ2) is 10.7. The zero-order valence-electron chi connectivity index (χ0n) is 21.1. The van der Waals surface area contributed by atoms with E-state index in [1.807, 2.05) is 25.2 Å². The van der Waals surface area contributed by atoms with Gasteiger partial charge in [-0.25, -0.2) is 0 Å². The molecule has 0 aliphatic carbocycles. The third-order valence-electron chi connectivity index (χ3n) is 7.58. The molecule has 0 aromatic heterocycles. The highest BCUT2D eigenvalue weighted by Gasteiger charge is 2.38. The van der Waals surface area contributed by atoms with Gasteiger partial charge in [-0.15, -0.1) is 0 Å². The van der Waals surface area contributed by atoms with Gasteiger partial charge < -0.3 is 14.7 Å². The molecule has 38 heavy (non-hydrogen) atoms. The molecule has 0 radical (unpaired) electrons. The van der Waals surface area contributed by atoms with E-state index in [-0.39, 0.29) is 24.1 Å². The Hall–Kier alpha value is -2.95. The molecule has 2 aliphatic rings. The molecule has 2 aromatic rings. The molecular formula is C27H30F6N2O3. The molecule has 0 spiro atoms. The molecule has 0 amide bonds. The van der Waals surface area contributed by atoms with Crippen LogP contribution in [-0.4, -0.2) is 48.8 Å². The number of carbonyl (C=O) groups is 1. The second-order valence-corrected chi connectivity index (χ2v) is 10.2. The highest BCUT2D eigenvalue weighted by molar-refractivity contribution is 5.70. The summed E-state index contributed by atoms with van der Waals surface area (Å²) in [5, 5.41) is 9.22. The molecule has 11 heteroatoms. The molecule has 4 rings (SSSR count). The van der Waals surface area contributed by atoms with Crippen LogP contribution in [0.5, 0.6) is 5.75 Å². The van der Waals surface area contributed by atoms with E-state index in [0.717, 1.165) is 11.3 Å². The third-order valence-corrected chi connectivity index (χ3v) is 7.58. The molecule has 2 aromatic carbocycles. The third kappa shape index (κ3) is 6.19. The smallest absolute Gasteiger partial charge is 0.416 e. The predicted octanol–water partition coefficient (Wildman–Crippen LogP) is 6.10. The number of carboxylic acid groups (broad SMARTS) is 1. The van der Waals surface area contributed by atoms with Crippen molar-refractivity contribution in [3.8, 4) is 5.75 Å². The van der Waals surface area contributed by atoms with Crippen molar-refractivity contribution < 1.29 is 41.0 Å². The summed E-state index contributed by atoms with van der Waals surface area (Å²) < 4.78 is 85.9. The Labute approximate surface area is 217 Å². The van der Waals surface area contributed by atoms with Crippen LogP contribution in [-0.2, 0) is 30.1 Å². The number of rotatable bonds is 6. The molecule has 1 saturated heterocycles. The van der Waals surface area contributed by atoms with Crippen molar-refractivity contribution in [2.75, 3.05) is 31.6 Å². The number of ether oxygens (including phenoxy) is 1. The van der Waals surface area contributed by atoms with Crippen LogP contribution >= 0.6 is 0 Å². The van der Waals surface area contributed by atoms with Crippen LogP contribution in [0.1, 0.15) is 42.0 Å². The minimum Gasteiger partial charge on any atom is -0.489 e. The van der Waals surface area contributed by atoms with Gasteiger partial charge in [-0.05, 0) is 79.7 Å². The summed E-state index contributed by atoms with van der Waals surface area (Å²) in [6.45, 7) is 2.77. The van der Waals surface area contributed by atoms with Crippen molar-refractivity contribution in [2.24, 2.45) is 11.8 Å². The van der Waals surface area contributed by atoms with Crippen LogP contribution in [0.2, 0.25) is 0 Å². The van der Waals surface area contributed by atoms with Crippen molar-refractivity contribution in [3.63, 3.8) is 0 Å². The Morgan fingerprint density at radius 2 is 1.74 bits per heavy atom. The number of nitrogens with zero attached hydrogens (tertiary/aromatic N) is 2. The molecular weight excluding hydrogens is 514 g/mol. The van der Waals surface area contributed by atoms with Gasteiger partial charge in [0.1, 0.15) is 12.4 Å². The highest BCUT2D eigenvalue weighted by Crippen LogP contribution is 2.40. The number of carboxylic acids is 1. The number of alkyl halides is 6. The van der Waals surface area contributed by atoms with Gasteiger partial charge in [0.05, 0.1) is 28.8 Å². The molecule has 0 saturated carbocycles. The number of hydrogen-bond donors (Lipinski definition) is 1. The Bertz CT molecular complexity index is 1160. The Morgan fingerprint density at radius 3 is 2.34 bits per heavy atom. The molecule has 1 N–H and O–H groups in total. The van der Waals surface area contributed by atoms with Gasteiger partial charge in [0.2, 0.25) is 0 Å². The summed E-state index contributed by atoms with van der Waals surface area (Å²) in [4.78, 5) is 15.1. The first-order valence-electron chi connectivity index (χ1n) is 12.4. The first-order valence-corrected chi connectivity index (χ1v) is 12.4. The average molecular weight is 545 g/mol. The predicted molar refractivity (Wildman–Crippen MR) is 129 cm³/mol. The Morgan fingerprint density at radius 1 is 1.05 bits per heavy atom. The number of hydrogen-bond acceptors (Lipinski definition) is 4. The number of benzene rings is 2. The maximum atomic E-state index is 13.5. The van der Waals surface area contributed by atoms with Crippen LogP contribution in [0.15, 0.2) is 36.4 Å². The summed E-state index contributed by atoms with van der Waals surface area (Å²) >= 11 is 0. The molecule has 5 nitrogen and oxygen atoms in total. The van der Waals surface area contributed by atoms with Crippen LogP contribution in [0.25, 0.3) is 0 Å². The second-order valence-electron chi connectivity index (χ2n) is 10.2. The quantitative estimate of drug-likeness (QED) is 0.446. The molecule has 1 fully saturated rings. The van der Waals surface area contributed by atoms with Crippen molar-refractivity contribution in [1.82, 2.24) is 4.90 Å². The standard InChI is InChI=1S/C27H30F6N2O3/c1-16(25(36)37)11-17-3-6-24-22(12-17)34(2)23(15-38-24)18-7-9-35(10-8-18)14-19-13-20(26(28,29)30)4-5-21(19)27(31,32)33/h3-6,12-13,16,18,23H,7-11,14-15H2,1-2H3,(H,36,37). The maximum Gasteiger partial charge on any atom is 0.416 e. The fourth-order valence-corrected chi connectivity index (χ4v) is 5.36. The largest absolute Gasteiger partial charge is 0.489 e. The van der Waals surface area contributed by atoms with Gasteiger partial charge in [0, 0.05) is 13.6 Å². The van der Waals surface area contributed by atoms with Gasteiger partial charge in [-0.2, -0.15) is 26.3 Å². The van der Waals surface area contributed by atoms with E-state index in [1.165, 1.54) is 0 Å². The van der Waals surface area contributed by atoms with E-state index in [9.17, 15) is 36.2 Å². The molecule has 0 bridgehead atoms. The molecule has 2 heterocycles. The molecule has 2 aliphatic heterocycles. The Kier molecular flexibility index (Phi) is 7.88. The van der Waals surface area contributed by atoms with E-state index in [4.69, 9.17) is 4.74 Å². The normalized spacial score (nSPS) is 20.1. The minimum atomic E-state index is -4.74. The number of piperidine rings is 1. The van der Waals surface area contributed by atoms with Crippen molar-refractivity contribution in [1.29, 1.82) is 0 Å². The van der Waals surface area contributed by atoms with Crippen molar-refractivity contribution >= 4 is 11.7 Å². The Balaban J connectivity index is 1.43. The molecule has 2 unspecified atom stereocenters. The number of aliphatic carboxylic acids is 1. The monoisotopic (exact) mass is 544 g/mol. The van der Waals surface area contributed by atoms with E-state index in [0.29, 0.717) is 62.9 Å².